The van der Waals surface area contributed by atoms with Gasteiger partial charge in [0.2, 0.25) is 11.8 Å². The Hall–Kier alpha value is -2.32. The number of carbonyl (C=O) groups is 3. The highest BCUT2D eigenvalue weighted by atomic mass is 35.5. The Balaban J connectivity index is 0.00000450. The lowest BCUT2D eigenvalue weighted by molar-refractivity contribution is -0.145. The van der Waals surface area contributed by atoms with Crippen LogP contribution in [-0.4, -0.2) is 49.6 Å². The highest BCUT2D eigenvalue weighted by molar-refractivity contribution is 5.92. The summed E-state index contributed by atoms with van der Waals surface area (Å²) in [6.45, 7) is 4.14. The van der Waals surface area contributed by atoms with Gasteiger partial charge in [0.1, 0.15) is 17.8 Å². The molecule has 4 N–H and O–H groups in total. The Labute approximate surface area is 183 Å². The normalized spacial score (nSPS) is 23.4. The van der Waals surface area contributed by atoms with Crippen molar-refractivity contribution in [3.63, 3.8) is 0 Å². The lowest BCUT2D eigenvalue weighted by atomic mass is 10.0. The number of methoxy groups -OCH3 is 1. The number of amides is 2. The molecule has 30 heavy (non-hydrogen) atoms. The van der Waals surface area contributed by atoms with E-state index in [0.717, 1.165) is 17.7 Å². The van der Waals surface area contributed by atoms with Crippen molar-refractivity contribution in [2.45, 2.75) is 57.7 Å². The molecule has 0 aromatic heterocycles. The summed E-state index contributed by atoms with van der Waals surface area (Å²) in [4.78, 5) is 37.4. The fourth-order valence-electron chi connectivity index (χ4n) is 3.16. The van der Waals surface area contributed by atoms with Crippen molar-refractivity contribution < 1.29 is 23.9 Å². The average Bonchev–Trinajstić information content (AvgIpc) is 2.70. The van der Waals surface area contributed by atoms with Crippen LogP contribution in [0.5, 0.6) is 5.75 Å². The maximum Gasteiger partial charge on any atom is 0.328 e. The van der Waals surface area contributed by atoms with E-state index in [4.69, 9.17) is 15.2 Å². The number of hydrogen-bond acceptors (Lipinski definition) is 6. The summed E-state index contributed by atoms with van der Waals surface area (Å²) in [5, 5.41) is 5.44. The number of halogens is 1. The van der Waals surface area contributed by atoms with E-state index in [2.05, 4.69) is 10.6 Å². The second-order valence-corrected chi connectivity index (χ2v) is 7.61. The third-order valence-corrected chi connectivity index (χ3v) is 4.92. The number of nitrogens with two attached hydrogens (primary N) is 1. The van der Waals surface area contributed by atoms with Gasteiger partial charge in [-0.1, -0.05) is 26.0 Å². The van der Waals surface area contributed by atoms with E-state index in [0.29, 0.717) is 25.9 Å². The molecule has 3 atom stereocenters. The Kier molecular flexibility index (Phi) is 10.6. The highest BCUT2D eigenvalue weighted by Gasteiger charge is 2.30. The Morgan fingerprint density at radius 1 is 1.13 bits per heavy atom. The summed E-state index contributed by atoms with van der Waals surface area (Å²) >= 11 is 0. The molecule has 2 aliphatic heterocycles. The molecule has 8 nitrogen and oxygen atoms in total. The molecule has 0 saturated carbocycles. The Morgan fingerprint density at radius 2 is 1.80 bits per heavy atom. The summed E-state index contributed by atoms with van der Waals surface area (Å²) in [5.41, 5.74) is 6.96. The molecule has 0 saturated heterocycles. The van der Waals surface area contributed by atoms with Gasteiger partial charge in [-0.2, -0.15) is 0 Å². The molecule has 1 aromatic carbocycles. The predicted molar refractivity (Wildman–Crippen MR) is 115 cm³/mol. The molecule has 0 radical (unpaired) electrons. The molecule has 0 spiro atoms. The monoisotopic (exact) mass is 441 g/mol. The zero-order valence-electron chi connectivity index (χ0n) is 17.7. The highest BCUT2D eigenvalue weighted by Crippen LogP contribution is 2.15. The maximum atomic E-state index is 12.8. The van der Waals surface area contributed by atoms with Crippen LogP contribution in [0.3, 0.4) is 0 Å². The van der Waals surface area contributed by atoms with Crippen LogP contribution in [0.4, 0.5) is 0 Å². The standard InChI is InChI=1S/C21H31N3O5.ClH/c1-13(2)18-20(26)23-17(21(27)28-3)6-4-5-11-29-15-9-7-14(8-10-15)12-16(22)19(25)24-18;/h7-10,13,16-18H,4-6,11-12,22H2,1-3H3,(H,23,26)(H,24,25);1H/t16-,17-,18-;/m0./s1. The summed E-state index contributed by atoms with van der Waals surface area (Å²) < 4.78 is 10.5. The van der Waals surface area contributed by atoms with Crippen molar-refractivity contribution in [2.75, 3.05) is 13.7 Å². The predicted octanol–water partition coefficient (Wildman–Crippen LogP) is 1.34. The first-order chi connectivity index (χ1) is 13.8. The molecule has 2 bridgehead atoms. The maximum absolute atomic E-state index is 12.8. The quantitative estimate of drug-likeness (QED) is 0.596. The van der Waals surface area contributed by atoms with Crippen LogP contribution in [0.25, 0.3) is 0 Å². The topological polar surface area (TPSA) is 120 Å². The van der Waals surface area contributed by atoms with Gasteiger partial charge in [-0.15, -0.1) is 12.4 Å². The van der Waals surface area contributed by atoms with E-state index in [9.17, 15) is 14.4 Å². The van der Waals surface area contributed by atoms with Crippen molar-refractivity contribution >= 4 is 30.2 Å². The van der Waals surface area contributed by atoms with Crippen molar-refractivity contribution in [3.8, 4) is 5.75 Å². The number of nitrogens with one attached hydrogen (secondary N) is 2. The van der Waals surface area contributed by atoms with Crippen molar-refractivity contribution in [1.29, 1.82) is 0 Å². The van der Waals surface area contributed by atoms with Crippen LogP contribution < -0.4 is 21.1 Å². The number of ether oxygens (including phenoxy) is 2. The van der Waals surface area contributed by atoms with E-state index in [1.165, 1.54) is 7.11 Å². The summed E-state index contributed by atoms with van der Waals surface area (Å²) in [6.07, 6.45) is 2.14. The second kappa shape index (κ2) is 12.4. The third-order valence-electron chi connectivity index (χ3n) is 4.92. The second-order valence-electron chi connectivity index (χ2n) is 7.61. The van der Waals surface area contributed by atoms with Crippen molar-refractivity contribution in [2.24, 2.45) is 11.7 Å². The molecule has 168 valence electrons. The van der Waals surface area contributed by atoms with Crippen LogP contribution >= 0.6 is 12.4 Å². The SMILES string of the molecule is COC(=O)[C@@H]1CCCCOc2ccc(cc2)C[C@H](N)C(=O)N[C@@H](C(C)C)C(=O)N1.Cl. The zero-order valence-corrected chi connectivity index (χ0v) is 18.5. The van der Waals surface area contributed by atoms with Gasteiger partial charge in [0.05, 0.1) is 19.8 Å². The largest absolute Gasteiger partial charge is 0.494 e. The van der Waals surface area contributed by atoms with E-state index in [1.54, 1.807) is 0 Å². The molecule has 2 heterocycles. The first-order valence-electron chi connectivity index (χ1n) is 9.97. The van der Waals surface area contributed by atoms with E-state index in [-0.39, 0.29) is 18.3 Å². The minimum absolute atomic E-state index is 0. The average molecular weight is 442 g/mol. The van der Waals surface area contributed by atoms with E-state index in [1.807, 2.05) is 38.1 Å². The smallest absolute Gasteiger partial charge is 0.328 e. The molecule has 0 aliphatic carbocycles. The van der Waals surface area contributed by atoms with Gasteiger partial charge in [0.25, 0.3) is 0 Å². The number of rotatable bonds is 2. The summed E-state index contributed by atoms with van der Waals surface area (Å²) in [7, 11) is 1.28. The van der Waals surface area contributed by atoms with Gasteiger partial charge in [-0.25, -0.2) is 4.79 Å². The summed E-state index contributed by atoms with van der Waals surface area (Å²) in [6, 6.07) is 5.05. The Bertz CT molecular complexity index is 711. The number of hydrogen-bond donors (Lipinski definition) is 3. The van der Waals surface area contributed by atoms with Gasteiger partial charge in [-0.05, 0) is 49.3 Å². The lowest BCUT2D eigenvalue weighted by Crippen LogP contribution is -2.56. The molecule has 0 fully saturated rings. The van der Waals surface area contributed by atoms with E-state index < -0.39 is 35.9 Å². The van der Waals surface area contributed by atoms with Gasteiger partial charge in [0.15, 0.2) is 0 Å². The fourth-order valence-corrected chi connectivity index (χ4v) is 3.16. The first kappa shape index (κ1) is 25.7. The van der Waals surface area contributed by atoms with Crippen LogP contribution in [0.1, 0.15) is 38.7 Å². The van der Waals surface area contributed by atoms with Crippen LogP contribution in [0.15, 0.2) is 24.3 Å². The number of benzene rings is 1. The van der Waals surface area contributed by atoms with Crippen molar-refractivity contribution in [1.82, 2.24) is 10.6 Å². The zero-order chi connectivity index (χ0) is 21.4. The van der Waals surface area contributed by atoms with Gasteiger partial charge < -0.3 is 25.8 Å². The molecule has 3 rings (SSSR count). The fraction of sp³-hybridized carbons (Fsp3) is 0.571. The molecule has 2 aliphatic rings. The third kappa shape index (κ3) is 7.50. The van der Waals surface area contributed by atoms with Crippen LogP contribution in [-0.2, 0) is 25.5 Å². The van der Waals surface area contributed by atoms with Gasteiger partial charge in [-0.3, -0.25) is 9.59 Å². The molecule has 0 unspecified atom stereocenters. The lowest BCUT2D eigenvalue weighted by Gasteiger charge is -2.25. The van der Waals surface area contributed by atoms with Gasteiger partial charge in [0, 0.05) is 0 Å². The minimum atomic E-state index is -0.804. The number of esters is 1. The number of fused-ring (bicyclic) bond motifs is 14. The van der Waals surface area contributed by atoms with E-state index >= 15 is 0 Å². The molecule has 1 aromatic rings. The number of carbonyl (C=O) groups excluding carboxylic acids is 3. The molecular weight excluding hydrogens is 410 g/mol. The van der Waals surface area contributed by atoms with Gasteiger partial charge >= 0.3 is 5.97 Å². The first-order valence-corrected chi connectivity index (χ1v) is 9.97. The summed E-state index contributed by atoms with van der Waals surface area (Å²) in [5.74, 6) is -0.815. The Morgan fingerprint density at radius 3 is 2.40 bits per heavy atom. The van der Waals surface area contributed by atoms with Crippen LogP contribution in [0, 0.1) is 5.92 Å². The molecular formula is C21H32ClN3O5. The minimum Gasteiger partial charge on any atom is -0.494 e. The molecule has 2 amide bonds. The molecule has 9 heteroatoms. The van der Waals surface area contributed by atoms with Crippen LogP contribution in [0.2, 0.25) is 0 Å². The van der Waals surface area contributed by atoms with Crippen molar-refractivity contribution in [3.05, 3.63) is 29.8 Å².